The Balaban J connectivity index is 1.94. The molecule has 6 nitrogen and oxygen atoms in total. The molecule has 0 aliphatic heterocycles. The number of amides is 1. The van der Waals surface area contributed by atoms with Gasteiger partial charge in [-0.05, 0) is 26.0 Å². The summed E-state index contributed by atoms with van der Waals surface area (Å²) in [6, 6.07) is 7.92. The largest absolute Gasteiger partial charge is 0.497 e. The number of nitrogens with one attached hydrogen (secondary N) is 2. The molecular weight excluding hydrogens is 292 g/mol. The summed E-state index contributed by atoms with van der Waals surface area (Å²) >= 11 is 0. The van der Waals surface area contributed by atoms with Gasteiger partial charge >= 0.3 is 0 Å². The number of carbonyl (C=O) groups is 1. The monoisotopic (exact) mass is 317 g/mol. The van der Waals surface area contributed by atoms with Crippen LogP contribution in [0.25, 0.3) is 0 Å². The molecule has 124 valence electrons. The molecule has 0 bridgehead atoms. The molecule has 2 N–H and O–H groups in total. The van der Waals surface area contributed by atoms with Crippen molar-refractivity contribution in [3.05, 3.63) is 41.2 Å². The third kappa shape index (κ3) is 4.32. The van der Waals surface area contributed by atoms with Crippen molar-refractivity contribution in [2.75, 3.05) is 26.0 Å². The Bertz CT molecular complexity index is 694. The zero-order valence-electron chi connectivity index (χ0n) is 14.4. The van der Waals surface area contributed by atoms with E-state index in [9.17, 15) is 4.79 Å². The highest BCUT2D eigenvalue weighted by molar-refractivity contribution is 5.92. The highest BCUT2D eigenvalue weighted by atomic mass is 16.5. The lowest BCUT2D eigenvalue weighted by molar-refractivity contribution is -0.885. The first-order valence-corrected chi connectivity index (χ1v) is 7.65. The van der Waals surface area contributed by atoms with Gasteiger partial charge in [-0.3, -0.25) is 9.48 Å². The molecule has 1 unspecified atom stereocenters. The summed E-state index contributed by atoms with van der Waals surface area (Å²) in [5.74, 6) is 0.825. The van der Waals surface area contributed by atoms with Crippen molar-refractivity contribution in [1.29, 1.82) is 0 Å². The minimum Gasteiger partial charge on any atom is -0.497 e. The molecule has 1 aromatic carbocycles. The minimum atomic E-state index is -0.00963. The van der Waals surface area contributed by atoms with Gasteiger partial charge in [-0.25, -0.2) is 0 Å². The molecule has 6 heteroatoms. The first kappa shape index (κ1) is 17.0. The molecule has 0 aliphatic rings. The van der Waals surface area contributed by atoms with Gasteiger partial charge in [-0.2, -0.15) is 5.10 Å². The molecule has 0 spiro atoms. The van der Waals surface area contributed by atoms with Crippen LogP contribution >= 0.6 is 0 Å². The van der Waals surface area contributed by atoms with E-state index in [0.29, 0.717) is 6.54 Å². The van der Waals surface area contributed by atoms with Gasteiger partial charge in [0.1, 0.15) is 12.3 Å². The molecule has 2 aromatic rings. The van der Waals surface area contributed by atoms with Crippen LogP contribution in [-0.2, 0) is 18.4 Å². The Kier molecular flexibility index (Phi) is 5.39. The first-order valence-electron chi connectivity index (χ1n) is 7.65. The number of hydrogen-bond acceptors (Lipinski definition) is 3. The van der Waals surface area contributed by atoms with E-state index >= 15 is 0 Å². The lowest BCUT2D eigenvalue weighted by Gasteiger charge is -2.14. The van der Waals surface area contributed by atoms with Gasteiger partial charge in [-0.1, -0.05) is 12.1 Å². The SMILES string of the molecule is COc1cccc(C[NH+](C)CC(=O)Nc2c(C)nn(C)c2C)c1. The molecule has 0 radical (unpaired) electrons. The molecule has 1 heterocycles. The van der Waals surface area contributed by atoms with Crippen LogP contribution in [0.5, 0.6) is 5.75 Å². The van der Waals surface area contributed by atoms with Crippen molar-refractivity contribution in [2.24, 2.45) is 7.05 Å². The predicted octanol–water partition coefficient (Wildman–Crippen LogP) is 0.699. The average molecular weight is 317 g/mol. The van der Waals surface area contributed by atoms with Crippen molar-refractivity contribution in [3.8, 4) is 5.75 Å². The first-order chi connectivity index (χ1) is 10.9. The smallest absolute Gasteiger partial charge is 0.279 e. The van der Waals surface area contributed by atoms with Crippen molar-refractivity contribution in [2.45, 2.75) is 20.4 Å². The van der Waals surface area contributed by atoms with Gasteiger partial charge in [0.15, 0.2) is 6.54 Å². The maximum absolute atomic E-state index is 12.3. The number of nitrogens with zero attached hydrogens (tertiary/aromatic N) is 2. The van der Waals surface area contributed by atoms with Crippen LogP contribution in [0.3, 0.4) is 0 Å². The second-order valence-corrected chi connectivity index (χ2v) is 5.88. The normalized spacial score (nSPS) is 12.0. The maximum atomic E-state index is 12.3. The quantitative estimate of drug-likeness (QED) is 0.824. The number of ether oxygens (including phenoxy) is 1. The van der Waals surface area contributed by atoms with Gasteiger partial charge in [0.2, 0.25) is 0 Å². The Morgan fingerprint density at radius 3 is 2.74 bits per heavy atom. The zero-order chi connectivity index (χ0) is 17.0. The van der Waals surface area contributed by atoms with E-state index < -0.39 is 0 Å². The van der Waals surface area contributed by atoms with Gasteiger partial charge in [0.25, 0.3) is 5.91 Å². The second kappa shape index (κ2) is 7.28. The van der Waals surface area contributed by atoms with E-state index in [1.165, 1.54) is 0 Å². The maximum Gasteiger partial charge on any atom is 0.279 e. The number of anilines is 1. The highest BCUT2D eigenvalue weighted by Gasteiger charge is 2.16. The number of rotatable bonds is 6. The molecule has 1 aromatic heterocycles. The van der Waals surface area contributed by atoms with Gasteiger partial charge in [-0.15, -0.1) is 0 Å². The number of likely N-dealkylation sites (N-methyl/N-ethyl adjacent to an activating group) is 1. The van der Waals surface area contributed by atoms with Crippen LogP contribution in [0.4, 0.5) is 5.69 Å². The minimum absolute atomic E-state index is 0.00963. The lowest BCUT2D eigenvalue weighted by atomic mass is 10.2. The number of aromatic nitrogens is 2. The number of hydrogen-bond donors (Lipinski definition) is 2. The molecule has 0 saturated heterocycles. The van der Waals surface area contributed by atoms with Crippen LogP contribution in [0.2, 0.25) is 0 Å². The van der Waals surface area contributed by atoms with E-state index in [4.69, 9.17) is 4.74 Å². The summed E-state index contributed by atoms with van der Waals surface area (Å²) < 4.78 is 7.00. The van der Waals surface area contributed by atoms with Crippen molar-refractivity contribution >= 4 is 11.6 Å². The zero-order valence-corrected chi connectivity index (χ0v) is 14.4. The standard InChI is InChI=1S/C17H24N4O2/c1-12-17(13(2)21(4)19-12)18-16(22)11-20(3)10-14-7-6-8-15(9-14)23-5/h6-9H,10-11H2,1-5H3,(H,18,22)/p+1. The summed E-state index contributed by atoms with van der Waals surface area (Å²) in [6.07, 6.45) is 0. The van der Waals surface area contributed by atoms with Crippen LogP contribution < -0.4 is 15.0 Å². The predicted molar refractivity (Wildman–Crippen MR) is 89.8 cm³/mol. The van der Waals surface area contributed by atoms with Crippen LogP contribution in [-0.4, -0.2) is 36.4 Å². The van der Waals surface area contributed by atoms with Gasteiger partial charge in [0, 0.05) is 12.6 Å². The van der Waals surface area contributed by atoms with Crippen LogP contribution in [0.15, 0.2) is 24.3 Å². The molecule has 2 rings (SSSR count). The summed E-state index contributed by atoms with van der Waals surface area (Å²) in [5.41, 5.74) is 3.75. The summed E-state index contributed by atoms with van der Waals surface area (Å²) in [5, 5.41) is 7.28. The Hall–Kier alpha value is -2.34. The number of carbonyl (C=O) groups excluding carboxylic acids is 1. The van der Waals surface area contributed by atoms with Crippen molar-refractivity contribution in [3.63, 3.8) is 0 Å². The van der Waals surface area contributed by atoms with E-state index in [1.54, 1.807) is 11.8 Å². The number of quaternary nitrogens is 1. The van der Waals surface area contributed by atoms with E-state index in [-0.39, 0.29) is 5.91 Å². The fraction of sp³-hybridized carbons (Fsp3) is 0.412. The third-order valence-corrected chi connectivity index (χ3v) is 3.88. The topological polar surface area (TPSA) is 60.6 Å². The Morgan fingerprint density at radius 2 is 2.13 bits per heavy atom. The second-order valence-electron chi connectivity index (χ2n) is 5.88. The molecule has 1 amide bonds. The Morgan fingerprint density at radius 1 is 1.39 bits per heavy atom. The summed E-state index contributed by atoms with van der Waals surface area (Å²) in [4.78, 5) is 13.4. The molecular formula is C17H25N4O2+. The Labute approximate surface area is 137 Å². The van der Waals surface area contributed by atoms with Crippen molar-refractivity contribution in [1.82, 2.24) is 9.78 Å². The average Bonchev–Trinajstić information content (AvgIpc) is 2.73. The van der Waals surface area contributed by atoms with Crippen LogP contribution in [0.1, 0.15) is 17.0 Å². The number of benzene rings is 1. The number of aryl methyl sites for hydroxylation is 2. The van der Waals surface area contributed by atoms with Gasteiger partial charge < -0.3 is 15.0 Å². The highest BCUT2D eigenvalue weighted by Crippen LogP contribution is 2.17. The molecule has 0 aliphatic carbocycles. The fourth-order valence-corrected chi connectivity index (χ4v) is 2.61. The van der Waals surface area contributed by atoms with E-state index in [1.807, 2.05) is 52.2 Å². The van der Waals surface area contributed by atoms with Crippen molar-refractivity contribution < 1.29 is 14.4 Å². The molecule has 23 heavy (non-hydrogen) atoms. The summed E-state index contributed by atoms with van der Waals surface area (Å²) in [6.45, 7) is 5.00. The third-order valence-electron chi connectivity index (χ3n) is 3.88. The fourth-order valence-electron chi connectivity index (χ4n) is 2.61. The molecule has 1 atom stereocenters. The van der Waals surface area contributed by atoms with Gasteiger partial charge in [0.05, 0.1) is 31.2 Å². The number of methoxy groups -OCH3 is 1. The van der Waals surface area contributed by atoms with E-state index in [0.717, 1.165) is 39.8 Å². The van der Waals surface area contributed by atoms with E-state index in [2.05, 4.69) is 10.4 Å². The molecule has 0 fully saturated rings. The van der Waals surface area contributed by atoms with Crippen LogP contribution in [0, 0.1) is 13.8 Å². The molecule has 0 saturated carbocycles. The lowest BCUT2D eigenvalue weighted by Crippen LogP contribution is -3.08. The summed E-state index contributed by atoms with van der Waals surface area (Å²) in [7, 11) is 5.53.